The Bertz CT molecular complexity index is 342. The van der Waals surface area contributed by atoms with Crippen molar-refractivity contribution in [2.24, 2.45) is 0 Å². The van der Waals surface area contributed by atoms with Crippen LogP contribution in [0, 0.1) is 18.3 Å². The van der Waals surface area contributed by atoms with E-state index >= 15 is 0 Å². The number of nitriles is 1. The molecule has 0 radical (unpaired) electrons. The predicted octanol–water partition coefficient (Wildman–Crippen LogP) is 1.83. The van der Waals surface area contributed by atoms with E-state index in [-0.39, 0.29) is 6.04 Å². The van der Waals surface area contributed by atoms with Gasteiger partial charge in [-0.3, -0.25) is 5.32 Å². The molecule has 82 valence electrons. The molecule has 1 rings (SSSR count). The third kappa shape index (κ3) is 4.60. The summed E-state index contributed by atoms with van der Waals surface area (Å²) in [5.74, 6) is 0.712. The second-order valence-corrected chi connectivity index (χ2v) is 5.85. The summed E-state index contributed by atoms with van der Waals surface area (Å²) in [4.78, 5) is 0. The molecule has 1 aromatic rings. The van der Waals surface area contributed by atoms with Crippen LogP contribution in [0.15, 0.2) is 4.34 Å². The van der Waals surface area contributed by atoms with Gasteiger partial charge in [-0.25, -0.2) is 0 Å². The summed E-state index contributed by atoms with van der Waals surface area (Å²) < 4.78 is 0.929. The van der Waals surface area contributed by atoms with Gasteiger partial charge >= 0.3 is 0 Å². The van der Waals surface area contributed by atoms with Crippen LogP contribution < -0.4 is 5.32 Å². The van der Waals surface area contributed by atoms with Gasteiger partial charge in [-0.1, -0.05) is 23.1 Å². The third-order valence-electron chi connectivity index (χ3n) is 1.57. The zero-order valence-electron chi connectivity index (χ0n) is 9.02. The summed E-state index contributed by atoms with van der Waals surface area (Å²) in [6.45, 7) is 5.99. The maximum absolute atomic E-state index is 8.90. The molecule has 1 heterocycles. The maximum atomic E-state index is 8.90. The number of rotatable bonds is 5. The molecular formula is C9H14N4S2. The highest BCUT2D eigenvalue weighted by Gasteiger charge is 2.10. The van der Waals surface area contributed by atoms with Gasteiger partial charge in [0.2, 0.25) is 0 Å². The Hall–Kier alpha value is -0.640. The highest BCUT2D eigenvalue weighted by Crippen LogP contribution is 2.22. The van der Waals surface area contributed by atoms with Crippen molar-refractivity contribution in [3.8, 4) is 6.07 Å². The van der Waals surface area contributed by atoms with Crippen LogP contribution in [-0.2, 0) is 0 Å². The van der Waals surface area contributed by atoms with Gasteiger partial charge in [-0.15, -0.1) is 10.2 Å². The number of aromatic nitrogens is 2. The van der Waals surface area contributed by atoms with Crippen LogP contribution in [0.2, 0.25) is 0 Å². The average Bonchev–Trinajstić information content (AvgIpc) is 2.58. The quantitative estimate of drug-likeness (QED) is 0.798. The summed E-state index contributed by atoms with van der Waals surface area (Å²) in [5, 5.41) is 21.0. The van der Waals surface area contributed by atoms with Crippen LogP contribution in [0.3, 0.4) is 0 Å². The second kappa shape index (κ2) is 6.05. The first-order valence-electron chi connectivity index (χ1n) is 4.70. The summed E-state index contributed by atoms with van der Waals surface area (Å²) >= 11 is 3.14. The molecule has 0 bridgehead atoms. The van der Waals surface area contributed by atoms with Gasteiger partial charge in [0, 0.05) is 11.8 Å². The zero-order valence-corrected chi connectivity index (χ0v) is 10.7. The first kappa shape index (κ1) is 12.4. The Morgan fingerprint density at radius 1 is 1.53 bits per heavy atom. The number of nitrogens with zero attached hydrogens (tertiary/aromatic N) is 3. The zero-order chi connectivity index (χ0) is 11.3. The molecule has 1 N–H and O–H groups in total. The lowest BCUT2D eigenvalue weighted by molar-refractivity contribution is 0.560. The van der Waals surface area contributed by atoms with E-state index in [0.29, 0.717) is 11.8 Å². The molecule has 1 unspecified atom stereocenters. The molecule has 1 atom stereocenters. The molecule has 6 heteroatoms. The summed E-state index contributed by atoms with van der Waals surface area (Å²) in [6, 6.07) is 2.43. The van der Waals surface area contributed by atoms with Gasteiger partial charge in [0.25, 0.3) is 0 Å². The highest BCUT2D eigenvalue weighted by molar-refractivity contribution is 8.01. The fourth-order valence-corrected chi connectivity index (χ4v) is 2.81. The van der Waals surface area contributed by atoms with E-state index in [9.17, 15) is 0 Å². The molecule has 0 aliphatic rings. The lowest BCUT2D eigenvalue weighted by Gasteiger charge is -2.12. The molecular weight excluding hydrogens is 228 g/mol. The molecule has 0 spiro atoms. The number of hydrogen-bond donors (Lipinski definition) is 1. The van der Waals surface area contributed by atoms with Crippen LogP contribution in [-0.4, -0.2) is 28.0 Å². The van der Waals surface area contributed by atoms with Crippen molar-refractivity contribution in [1.82, 2.24) is 15.5 Å². The predicted molar refractivity (Wildman–Crippen MR) is 63.0 cm³/mol. The van der Waals surface area contributed by atoms with E-state index in [1.165, 1.54) is 0 Å². The number of nitrogens with one attached hydrogen (secondary N) is 1. The van der Waals surface area contributed by atoms with Crippen LogP contribution in [0.25, 0.3) is 0 Å². The van der Waals surface area contributed by atoms with Crippen molar-refractivity contribution in [1.29, 1.82) is 5.26 Å². The van der Waals surface area contributed by atoms with Gasteiger partial charge in [0.15, 0.2) is 4.34 Å². The smallest absolute Gasteiger partial charge is 0.174 e. The second-order valence-electron chi connectivity index (χ2n) is 3.40. The third-order valence-corrected chi connectivity index (χ3v) is 3.64. The molecule has 0 aliphatic heterocycles. The van der Waals surface area contributed by atoms with Crippen LogP contribution in [0.1, 0.15) is 18.9 Å². The molecule has 0 aliphatic carbocycles. The largest absolute Gasteiger partial charge is 0.299 e. The number of hydrogen-bond acceptors (Lipinski definition) is 6. The minimum Gasteiger partial charge on any atom is -0.299 e. The monoisotopic (exact) mass is 242 g/mol. The lowest BCUT2D eigenvalue weighted by Crippen LogP contribution is -2.35. The van der Waals surface area contributed by atoms with Crippen LogP contribution in [0.4, 0.5) is 0 Å². The van der Waals surface area contributed by atoms with Crippen molar-refractivity contribution in [2.75, 3.05) is 5.75 Å². The van der Waals surface area contributed by atoms with E-state index in [2.05, 4.69) is 21.6 Å². The number of aryl methyl sites for hydroxylation is 1. The van der Waals surface area contributed by atoms with Crippen LogP contribution >= 0.6 is 23.1 Å². The summed E-state index contributed by atoms with van der Waals surface area (Å²) in [5.41, 5.74) is 0. The van der Waals surface area contributed by atoms with Crippen molar-refractivity contribution in [3.05, 3.63) is 5.01 Å². The van der Waals surface area contributed by atoms with Gasteiger partial charge in [0.1, 0.15) is 11.0 Å². The standard InChI is InChI=1S/C9H14N4S2/c1-6(2)11-8(4-10)5-14-9-13-12-7(3)15-9/h6,8,11H,5H2,1-3H3. The van der Waals surface area contributed by atoms with Gasteiger partial charge in [-0.2, -0.15) is 5.26 Å². The number of thioether (sulfide) groups is 1. The van der Waals surface area contributed by atoms with E-state index in [1.54, 1.807) is 23.1 Å². The van der Waals surface area contributed by atoms with Crippen LogP contribution in [0.5, 0.6) is 0 Å². The highest BCUT2D eigenvalue weighted by atomic mass is 32.2. The summed E-state index contributed by atoms with van der Waals surface area (Å²) in [6.07, 6.45) is 0. The molecule has 0 amide bonds. The molecule has 0 saturated carbocycles. The fourth-order valence-electron chi connectivity index (χ4n) is 1.02. The Kier molecular flexibility index (Phi) is 5.02. The molecule has 0 fully saturated rings. The molecule has 1 aromatic heterocycles. The van der Waals surface area contributed by atoms with E-state index in [4.69, 9.17) is 5.26 Å². The summed E-state index contributed by atoms with van der Waals surface area (Å²) in [7, 11) is 0. The first-order chi connectivity index (χ1) is 7.11. The molecule has 0 saturated heterocycles. The molecule has 4 nitrogen and oxygen atoms in total. The SMILES string of the molecule is Cc1nnc(SCC(C#N)NC(C)C)s1. The van der Waals surface area contributed by atoms with Crippen molar-refractivity contribution in [2.45, 2.75) is 37.2 Å². The Labute approximate surface area is 98.1 Å². The Balaban J connectivity index is 2.38. The van der Waals surface area contributed by atoms with Crippen molar-refractivity contribution in [3.63, 3.8) is 0 Å². The van der Waals surface area contributed by atoms with Crippen molar-refractivity contribution < 1.29 is 0 Å². The Morgan fingerprint density at radius 3 is 2.73 bits per heavy atom. The van der Waals surface area contributed by atoms with E-state index in [0.717, 1.165) is 9.35 Å². The first-order valence-corrected chi connectivity index (χ1v) is 6.50. The van der Waals surface area contributed by atoms with E-state index < -0.39 is 0 Å². The average molecular weight is 242 g/mol. The Morgan fingerprint density at radius 2 is 2.27 bits per heavy atom. The van der Waals surface area contributed by atoms with Crippen molar-refractivity contribution >= 4 is 23.1 Å². The van der Waals surface area contributed by atoms with Gasteiger partial charge in [0.05, 0.1) is 6.07 Å². The van der Waals surface area contributed by atoms with Gasteiger partial charge < -0.3 is 0 Å². The minimum atomic E-state index is -0.126. The van der Waals surface area contributed by atoms with Gasteiger partial charge in [-0.05, 0) is 20.8 Å². The topological polar surface area (TPSA) is 61.6 Å². The lowest BCUT2D eigenvalue weighted by atomic mass is 10.3. The molecule has 0 aromatic carbocycles. The molecule has 15 heavy (non-hydrogen) atoms. The van der Waals surface area contributed by atoms with E-state index in [1.807, 2.05) is 20.8 Å². The fraction of sp³-hybridized carbons (Fsp3) is 0.667. The normalized spacial score (nSPS) is 12.7. The minimum absolute atomic E-state index is 0.126. The maximum Gasteiger partial charge on any atom is 0.174 e.